The Hall–Kier alpha value is -9.84. The zero-order valence-electron chi connectivity index (χ0n) is 39.9. The van der Waals surface area contributed by atoms with Crippen LogP contribution in [0.1, 0.15) is 14.9 Å². The highest BCUT2D eigenvalue weighted by atomic mass is 79.9. The van der Waals surface area contributed by atoms with Crippen molar-refractivity contribution in [2.45, 2.75) is 14.9 Å². The maximum atomic E-state index is 9.66. The lowest BCUT2D eigenvalue weighted by molar-refractivity contribution is 0.476. The molecule has 0 fully saturated rings. The fourth-order valence-electron chi connectivity index (χ4n) is 10.7. The van der Waals surface area contributed by atoms with Crippen LogP contribution in [0.4, 0.5) is 0 Å². The first-order chi connectivity index (χ1) is 37.0. The molecule has 16 aromatic rings. The number of imidazole rings is 2. The molecule has 8 aromatic carbocycles. The van der Waals surface area contributed by atoms with E-state index in [1.165, 1.54) is 27.1 Å². The molecule has 0 aliphatic rings. The number of halogens is 1. The lowest BCUT2D eigenvalue weighted by Crippen LogP contribution is -1.96. The van der Waals surface area contributed by atoms with E-state index < -0.39 is 0 Å². The zero-order valence-corrected chi connectivity index (χ0v) is 41.5. The van der Waals surface area contributed by atoms with Crippen molar-refractivity contribution >= 4 is 114 Å². The van der Waals surface area contributed by atoms with Crippen molar-refractivity contribution in [2.24, 2.45) is 0 Å². The van der Waals surface area contributed by atoms with Crippen molar-refractivity contribution in [3.8, 4) is 28.6 Å². The topological polar surface area (TPSA) is 99.7 Å². The molecule has 0 aliphatic carbocycles. The second-order valence-corrected chi connectivity index (χ2v) is 19.2. The normalized spacial score (nSPS) is 11.3. The van der Waals surface area contributed by atoms with E-state index in [0.29, 0.717) is 0 Å². The van der Waals surface area contributed by atoms with Crippen LogP contribution in [-0.2, 0) is 0 Å². The van der Waals surface area contributed by atoms with Crippen molar-refractivity contribution in [3.05, 3.63) is 248 Å². The van der Waals surface area contributed by atoms with E-state index in [4.69, 9.17) is 9.72 Å². The Bertz CT molecular complexity index is 4770. The Kier molecular flexibility index (Phi) is 12.4. The highest BCUT2D eigenvalue weighted by Crippen LogP contribution is 2.37. The van der Waals surface area contributed by atoms with Gasteiger partial charge in [-0.1, -0.05) is 116 Å². The van der Waals surface area contributed by atoms with Gasteiger partial charge in [0.25, 0.3) is 0 Å². The van der Waals surface area contributed by atoms with Crippen molar-refractivity contribution in [1.82, 2.24) is 37.9 Å². The highest BCUT2D eigenvalue weighted by molar-refractivity contribution is 9.10. The van der Waals surface area contributed by atoms with Crippen molar-refractivity contribution in [1.29, 1.82) is 0 Å². The summed E-state index contributed by atoms with van der Waals surface area (Å²) in [6.45, 7) is 0. The van der Waals surface area contributed by atoms with Gasteiger partial charge in [0.2, 0.25) is 0 Å². The molecule has 8 heterocycles. The zero-order chi connectivity index (χ0) is 50.0. The third-order valence-electron chi connectivity index (χ3n) is 13.9. The first-order valence-corrected chi connectivity index (χ1v) is 25.3. The van der Waals surface area contributed by atoms with Crippen LogP contribution in [-0.4, -0.2) is 43.0 Å². The largest absolute Gasteiger partial charge is 0.508 e. The quantitative estimate of drug-likeness (QED) is 0.176. The molecule has 1 N–H and O–H groups in total. The van der Waals surface area contributed by atoms with Gasteiger partial charge < -0.3 is 9.84 Å². The van der Waals surface area contributed by atoms with E-state index in [-0.39, 0.29) is 20.6 Å². The summed E-state index contributed by atoms with van der Waals surface area (Å²) in [5.74, 6) is 1.80. The second-order valence-electron chi connectivity index (χ2n) is 18.2. The van der Waals surface area contributed by atoms with Gasteiger partial charge in [-0.05, 0) is 126 Å². The number of fused-ring (bicyclic) bond motifs is 18. The van der Waals surface area contributed by atoms with Crippen LogP contribution >= 0.6 is 15.9 Å². The monoisotopic (exact) mass is 1060 g/mol. The molecule has 0 aliphatic heterocycles. The molecule has 8 aromatic heterocycles. The van der Waals surface area contributed by atoms with E-state index in [1.54, 1.807) is 18.3 Å². The van der Waals surface area contributed by atoms with E-state index in [2.05, 4.69) is 182 Å². The number of phenols is 1. The molecular weight excluding hydrogens is 1020 g/mol. The number of hydrogen-bond acceptors (Lipinski definition) is 6. The van der Waals surface area contributed by atoms with E-state index in [9.17, 15) is 5.11 Å². The molecule has 0 amide bonds. The van der Waals surface area contributed by atoms with E-state index >= 15 is 0 Å². The van der Waals surface area contributed by atoms with Crippen LogP contribution in [0, 0.1) is 0 Å². The molecule has 372 valence electrons. The van der Waals surface area contributed by atoms with Gasteiger partial charge in [0.15, 0.2) is 0 Å². The third-order valence-corrected chi connectivity index (χ3v) is 14.4. The first kappa shape index (κ1) is 48.1. The van der Waals surface area contributed by atoms with Crippen molar-refractivity contribution in [3.63, 3.8) is 0 Å². The Morgan fingerprint density at radius 1 is 0.338 bits per heavy atom. The number of pyridine rings is 4. The Labute approximate surface area is 451 Å². The predicted molar refractivity (Wildman–Crippen MR) is 320 cm³/mol. The lowest BCUT2D eigenvalue weighted by atomic mass is 10.1. The number of ether oxygens (including phenoxy) is 1. The van der Waals surface area contributed by atoms with Crippen LogP contribution in [0.15, 0.2) is 248 Å². The Morgan fingerprint density at radius 2 is 0.779 bits per heavy atom. The average molecular weight is 1070 g/mol. The van der Waals surface area contributed by atoms with Gasteiger partial charge in [-0.3, -0.25) is 17.9 Å². The van der Waals surface area contributed by atoms with Crippen LogP contribution in [0.5, 0.6) is 17.2 Å². The summed E-state index contributed by atoms with van der Waals surface area (Å²) in [6.07, 6.45) is 11.3. The van der Waals surface area contributed by atoms with Gasteiger partial charge in [0.05, 0.1) is 27.8 Å². The molecule has 0 saturated heterocycles. The number of aromatic hydroxyl groups is 1. The molecule has 0 atom stereocenters. The summed E-state index contributed by atoms with van der Waals surface area (Å²) >= 11 is 3.54. The summed E-state index contributed by atoms with van der Waals surface area (Å²) in [7, 11) is 0. The van der Waals surface area contributed by atoms with Crippen LogP contribution in [0.25, 0.3) is 110 Å². The third kappa shape index (κ3) is 8.21. The summed E-state index contributed by atoms with van der Waals surface area (Å²) in [5, 5.41) is 21.1. The van der Waals surface area contributed by atoms with Crippen LogP contribution in [0.2, 0.25) is 0 Å². The van der Waals surface area contributed by atoms with Crippen molar-refractivity contribution < 1.29 is 9.84 Å². The molecule has 0 unspecified atom stereocenters. The van der Waals surface area contributed by atoms with Gasteiger partial charge in [0.1, 0.15) is 39.8 Å². The standard InChI is InChI=1S/C32H20N4O.C17H11BrN2.C15H10N2O.2CH4/c1-3-12-29-25(9-1)24-15-14-23(20-28(24)31-34-17-18-35(29)31)37-22-8-5-7-21(19-22)36-30-13-4-2-10-26(30)27-11-6-16-33-32(27)36;18-12-5-3-6-13(11-12)20-16-9-2-1-7-14(16)15-8-4-10-19-17(15)20;18-10-5-6-11-12-3-1-2-4-14(12)17-8-7-16-15(17)13(11)9-10;;/h1-20H;1-11H;1-9,18H;2*1H4. The molecule has 77 heavy (non-hydrogen) atoms. The molecule has 0 bridgehead atoms. The van der Waals surface area contributed by atoms with E-state index in [0.717, 1.165) is 98.8 Å². The molecule has 0 radical (unpaired) electrons. The summed E-state index contributed by atoms with van der Waals surface area (Å²) in [5.41, 5.74) is 10.4. The summed E-state index contributed by atoms with van der Waals surface area (Å²) < 4.78 is 16.1. The van der Waals surface area contributed by atoms with Crippen LogP contribution < -0.4 is 4.74 Å². The molecule has 0 spiro atoms. The number of phenolic OH excluding ortho intramolecular Hbond substituents is 1. The van der Waals surface area contributed by atoms with E-state index in [1.807, 2.05) is 91.6 Å². The Morgan fingerprint density at radius 3 is 1.34 bits per heavy atom. The Balaban J connectivity index is 0.000000126. The number of nitrogens with zero attached hydrogens (tertiary/aromatic N) is 8. The molecule has 10 nitrogen and oxygen atoms in total. The minimum Gasteiger partial charge on any atom is -0.508 e. The fraction of sp³-hybridized carbons (Fsp3) is 0.0303. The van der Waals surface area contributed by atoms with Gasteiger partial charge in [-0.2, -0.15) is 0 Å². The van der Waals surface area contributed by atoms with Gasteiger partial charge in [-0.25, -0.2) is 19.9 Å². The van der Waals surface area contributed by atoms with Gasteiger partial charge >= 0.3 is 0 Å². The number of para-hydroxylation sites is 4. The molecule has 11 heteroatoms. The van der Waals surface area contributed by atoms with Gasteiger partial charge in [0, 0.05) is 96.5 Å². The maximum absolute atomic E-state index is 9.66. The maximum Gasteiger partial charge on any atom is 0.145 e. The number of aromatic nitrogens is 8. The van der Waals surface area contributed by atoms with Crippen molar-refractivity contribution in [2.75, 3.05) is 0 Å². The molecular formula is C66H49BrN8O2. The predicted octanol–water partition coefficient (Wildman–Crippen LogP) is 17.5. The minimum atomic E-state index is 0. The SMILES string of the molecule is Brc1cccc(-n2c3ccccc3c3cccnc32)c1.C.C.Oc1ccc2c3ccccc3n3ccnc3c2c1.c1cc(Oc2ccc3c4ccccc4n4ccnc4c3c2)cc(-n2c3ccccc3c3cccnc32)c1. The number of benzene rings is 8. The van der Waals surface area contributed by atoms with Gasteiger partial charge in [-0.15, -0.1) is 0 Å². The summed E-state index contributed by atoms with van der Waals surface area (Å²) in [6, 6.07) is 69.8. The first-order valence-electron chi connectivity index (χ1n) is 24.5. The smallest absolute Gasteiger partial charge is 0.145 e. The molecule has 16 rings (SSSR count). The minimum absolute atomic E-state index is 0. The average Bonchev–Trinajstić information content (AvgIpc) is 4.43. The fourth-order valence-corrected chi connectivity index (χ4v) is 11.1. The molecule has 0 saturated carbocycles. The number of hydrogen-bond donors (Lipinski definition) is 1. The van der Waals surface area contributed by atoms with Crippen LogP contribution in [0.3, 0.4) is 0 Å². The highest BCUT2D eigenvalue weighted by Gasteiger charge is 2.16. The second kappa shape index (κ2) is 19.8. The summed E-state index contributed by atoms with van der Waals surface area (Å²) in [4.78, 5) is 18.3. The number of rotatable bonds is 4. The lowest BCUT2D eigenvalue weighted by Gasteiger charge is -2.12.